The lowest BCUT2D eigenvalue weighted by Gasteiger charge is -2.19. The number of hydrogen-bond donors (Lipinski definition) is 0. The van der Waals surface area contributed by atoms with Crippen molar-refractivity contribution in [3.63, 3.8) is 0 Å². The lowest BCUT2D eigenvalue weighted by molar-refractivity contribution is 0.414. The van der Waals surface area contributed by atoms with Crippen LogP contribution in [0.2, 0.25) is 0 Å². The van der Waals surface area contributed by atoms with Gasteiger partial charge in [-0.1, -0.05) is 54.6 Å². The Hall–Kier alpha value is -2.57. The van der Waals surface area contributed by atoms with Crippen LogP contribution in [0.25, 0.3) is 32.7 Å². The summed E-state index contributed by atoms with van der Waals surface area (Å²) in [5.41, 5.74) is 3.25. The van der Waals surface area contributed by atoms with Crippen LogP contribution in [0.4, 0.5) is 0 Å². The van der Waals surface area contributed by atoms with Gasteiger partial charge in [0.25, 0.3) is 0 Å². The van der Waals surface area contributed by atoms with Crippen LogP contribution in [0.3, 0.4) is 0 Å². The summed E-state index contributed by atoms with van der Waals surface area (Å²) in [6.07, 6.45) is 0. The first-order valence-electron chi connectivity index (χ1n) is 8.19. The number of aryl methyl sites for hydroxylation is 1. The summed E-state index contributed by atoms with van der Waals surface area (Å²) >= 11 is 0. The van der Waals surface area contributed by atoms with E-state index in [9.17, 15) is 0 Å². The summed E-state index contributed by atoms with van der Waals surface area (Å²) in [4.78, 5) is 0. The van der Waals surface area contributed by atoms with Gasteiger partial charge >= 0.3 is 0 Å². The maximum Gasteiger partial charge on any atom is 0.131 e. The van der Waals surface area contributed by atoms with E-state index in [-0.39, 0.29) is 0 Å². The lowest BCUT2D eigenvalue weighted by atomic mass is 9.90. The molecule has 0 N–H and O–H groups in total. The van der Waals surface area contributed by atoms with Gasteiger partial charge in [0.1, 0.15) is 11.5 Å². The number of benzene rings is 4. The first-order chi connectivity index (χ1) is 12.2. The molecule has 0 aromatic heterocycles. The molecule has 4 aromatic rings. The average molecular weight is 346 g/mol. The lowest BCUT2D eigenvalue weighted by Crippen LogP contribution is -1.95. The molecule has 1 atom stereocenters. The van der Waals surface area contributed by atoms with Crippen molar-refractivity contribution in [3.05, 3.63) is 72.3 Å². The first kappa shape index (κ1) is 15.9. The van der Waals surface area contributed by atoms with Crippen LogP contribution in [-0.2, 0) is 0 Å². The zero-order chi connectivity index (χ0) is 17.4. The SMILES string of the molecule is COc1c(C)cc2ccccc2c1-c1c(OP)ccc2ccccc12. The highest BCUT2D eigenvalue weighted by atomic mass is 31.0. The van der Waals surface area contributed by atoms with Crippen molar-refractivity contribution in [1.82, 2.24) is 0 Å². The molecule has 0 aliphatic rings. The highest BCUT2D eigenvalue weighted by molar-refractivity contribution is 7.10. The maximum atomic E-state index is 5.82. The Morgan fingerprint density at radius 3 is 2.08 bits per heavy atom. The highest BCUT2D eigenvalue weighted by Gasteiger charge is 2.19. The van der Waals surface area contributed by atoms with Gasteiger partial charge in [-0.25, -0.2) is 0 Å². The van der Waals surface area contributed by atoms with Gasteiger partial charge in [-0.05, 0) is 46.2 Å². The molecule has 0 fully saturated rings. The fourth-order valence-electron chi connectivity index (χ4n) is 3.59. The normalized spacial score (nSPS) is 11.0. The van der Waals surface area contributed by atoms with Crippen molar-refractivity contribution >= 4 is 31.0 Å². The van der Waals surface area contributed by atoms with E-state index in [0.29, 0.717) is 0 Å². The fraction of sp³-hybridized carbons (Fsp3) is 0.0909. The van der Waals surface area contributed by atoms with Crippen LogP contribution in [0.15, 0.2) is 66.7 Å². The van der Waals surface area contributed by atoms with Gasteiger partial charge in [-0.3, -0.25) is 0 Å². The zero-order valence-electron chi connectivity index (χ0n) is 14.2. The van der Waals surface area contributed by atoms with Crippen LogP contribution in [0.5, 0.6) is 11.5 Å². The molecule has 0 amide bonds. The van der Waals surface area contributed by atoms with Crippen LogP contribution >= 0.6 is 9.47 Å². The van der Waals surface area contributed by atoms with E-state index in [0.717, 1.165) is 39.0 Å². The first-order valence-corrected chi connectivity index (χ1v) is 8.67. The van der Waals surface area contributed by atoms with Gasteiger partial charge in [-0.2, -0.15) is 0 Å². The van der Waals surface area contributed by atoms with Crippen molar-refractivity contribution < 1.29 is 9.26 Å². The predicted molar refractivity (Wildman–Crippen MR) is 109 cm³/mol. The Kier molecular flexibility index (Phi) is 4.07. The highest BCUT2D eigenvalue weighted by Crippen LogP contribution is 2.47. The van der Waals surface area contributed by atoms with Crippen LogP contribution in [-0.4, -0.2) is 7.11 Å². The smallest absolute Gasteiger partial charge is 0.131 e. The fourth-order valence-corrected chi connectivity index (χ4v) is 3.78. The minimum Gasteiger partial charge on any atom is -0.496 e. The molecular formula is C22H19O2P. The van der Waals surface area contributed by atoms with Crippen molar-refractivity contribution in [3.8, 4) is 22.6 Å². The van der Waals surface area contributed by atoms with Gasteiger partial charge in [0.15, 0.2) is 0 Å². The second kappa shape index (κ2) is 6.38. The van der Waals surface area contributed by atoms with Gasteiger partial charge < -0.3 is 9.26 Å². The largest absolute Gasteiger partial charge is 0.496 e. The molecule has 0 aliphatic heterocycles. The van der Waals surface area contributed by atoms with E-state index in [2.05, 4.69) is 77.1 Å². The molecule has 124 valence electrons. The minimum absolute atomic E-state index is 0.817. The third-order valence-corrected chi connectivity index (χ3v) is 4.91. The summed E-state index contributed by atoms with van der Waals surface area (Å²) < 4.78 is 11.5. The number of hydrogen-bond acceptors (Lipinski definition) is 2. The van der Waals surface area contributed by atoms with E-state index in [1.807, 2.05) is 6.07 Å². The summed E-state index contributed by atoms with van der Waals surface area (Å²) in [6.45, 7) is 2.08. The van der Waals surface area contributed by atoms with E-state index < -0.39 is 0 Å². The summed E-state index contributed by atoms with van der Waals surface area (Å²) in [7, 11) is 4.10. The number of fused-ring (bicyclic) bond motifs is 2. The molecule has 2 nitrogen and oxygen atoms in total. The molecule has 0 saturated carbocycles. The van der Waals surface area contributed by atoms with Gasteiger partial charge in [0.05, 0.1) is 16.6 Å². The molecule has 4 rings (SSSR count). The van der Waals surface area contributed by atoms with Crippen molar-refractivity contribution in [2.75, 3.05) is 7.11 Å². The topological polar surface area (TPSA) is 18.5 Å². The molecule has 0 radical (unpaired) electrons. The molecule has 3 heteroatoms. The third kappa shape index (κ3) is 2.54. The third-order valence-electron chi connectivity index (χ3n) is 4.66. The molecule has 25 heavy (non-hydrogen) atoms. The van der Waals surface area contributed by atoms with Crippen molar-refractivity contribution in [2.24, 2.45) is 0 Å². The van der Waals surface area contributed by atoms with Gasteiger partial charge in [0.2, 0.25) is 0 Å². The molecule has 0 aliphatic carbocycles. The van der Waals surface area contributed by atoms with E-state index in [1.165, 1.54) is 10.8 Å². The minimum atomic E-state index is 0.817. The number of rotatable bonds is 3. The monoisotopic (exact) mass is 346 g/mol. The molecule has 1 unspecified atom stereocenters. The Morgan fingerprint density at radius 1 is 0.760 bits per heavy atom. The number of methoxy groups -OCH3 is 1. The Labute approximate surface area is 149 Å². The van der Waals surface area contributed by atoms with E-state index >= 15 is 0 Å². The standard InChI is InChI=1S/C22H19O2P/c1-14-13-16-8-4-6-10-18(16)21(22(14)23-2)20-17-9-5-3-7-15(17)11-12-19(20)24-25/h3-13H,25H2,1-2H3. The van der Waals surface area contributed by atoms with Crippen LogP contribution in [0, 0.1) is 6.92 Å². The van der Waals surface area contributed by atoms with Crippen molar-refractivity contribution in [1.29, 1.82) is 0 Å². The molecule has 4 aromatic carbocycles. The Balaban J connectivity index is 2.24. The van der Waals surface area contributed by atoms with E-state index in [4.69, 9.17) is 9.26 Å². The van der Waals surface area contributed by atoms with Crippen LogP contribution < -0.4 is 9.26 Å². The Bertz CT molecular complexity index is 1090. The average Bonchev–Trinajstić information content (AvgIpc) is 2.66. The predicted octanol–water partition coefficient (Wildman–Crippen LogP) is 6.15. The summed E-state index contributed by atoms with van der Waals surface area (Å²) in [6, 6.07) is 23.0. The molecular weight excluding hydrogens is 327 g/mol. The van der Waals surface area contributed by atoms with E-state index in [1.54, 1.807) is 7.11 Å². The second-order valence-corrected chi connectivity index (χ2v) is 6.34. The number of ether oxygens (including phenoxy) is 1. The molecule has 0 bridgehead atoms. The summed E-state index contributed by atoms with van der Waals surface area (Å²) in [5, 5.41) is 4.68. The second-order valence-electron chi connectivity index (χ2n) is 6.10. The maximum absolute atomic E-state index is 5.82. The summed E-state index contributed by atoms with van der Waals surface area (Å²) in [5.74, 6) is 1.70. The molecule has 0 spiro atoms. The zero-order valence-corrected chi connectivity index (χ0v) is 15.4. The molecule has 0 heterocycles. The Morgan fingerprint density at radius 2 is 1.40 bits per heavy atom. The van der Waals surface area contributed by atoms with Crippen LogP contribution in [0.1, 0.15) is 5.56 Å². The quantitative estimate of drug-likeness (QED) is 0.414. The van der Waals surface area contributed by atoms with Crippen molar-refractivity contribution in [2.45, 2.75) is 6.92 Å². The van der Waals surface area contributed by atoms with Gasteiger partial charge in [-0.15, -0.1) is 0 Å². The van der Waals surface area contributed by atoms with Gasteiger partial charge in [0, 0.05) is 11.1 Å². The molecule has 0 saturated heterocycles.